The summed E-state index contributed by atoms with van der Waals surface area (Å²) in [7, 11) is 0. The van der Waals surface area contributed by atoms with E-state index in [2.05, 4.69) is 18.7 Å². The van der Waals surface area contributed by atoms with Crippen molar-refractivity contribution >= 4 is 0 Å². The Labute approximate surface area is 86.4 Å². The topological polar surface area (TPSA) is 21.7 Å². The number of rotatable bonds is 1. The third kappa shape index (κ3) is 2.47. The van der Waals surface area contributed by atoms with Gasteiger partial charge in [0.1, 0.15) is 0 Å². The molecule has 0 N–H and O–H groups in total. The van der Waals surface area contributed by atoms with Crippen LogP contribution in [0, 0.1) is 0 Å². The monoisotopic (exact) mass is 199 g/mol. The van der Waals surface area contributed by atoms with Gasteiger partial charge in [-0.05, 0) is 26.7 Å². The number of ether oxygens (including phenoxy) is 2. The molecule has 3 heteroatoms. The van der Waals surface area contributed by atoms with Crippen LogP contribution < -0.4 is 0 Å². The van der Waals surface area contributed by atoms with E-state index >= 15 is 0 Å². The van der Waals surface area contributed by atoms with E-state index in [0.717, 1.165) is 32.3 Å². The van der Waals surface area contributed by atoms with Gasteiger partial charge in [-0.25, -0.2) is 0 Å². The van der Waals surface area contributed by atoms with Crippen LogP contribution in [0.5, 0.6) is 0 Å². The van der Waals surface area contributed by atoms with Gasteiger partial charge in [-0.15, -0.1) is 0 Å². The van der Waals surface area contributed by atoms with Gasteiger partial charge in [-0.3, -0.25) is 4.90 Å². The molecule has 0 spiro atoms. The van der Waals surface area contributed by atoms with Crippen molar-refractivity contribution in [1.82, 2.24) is 4.90 Å². The SMILES string of the molecule is CC1CC(N2CCOCC2)CC(C)O1. The second kappa shape index (κ2) is 4.60. The molecule has 0 aromatic heterocycles. The van der Waals surface area contributed by atoms with E-state index in [0.29, 0.717) is 12.2 Å². The summed E-state index contributed by atoms with van der Waals surface area (Å²) < 4.78 is 11.1. The van der Waals surface area contributed by atoms with Crippen molar-refractivity contribution in [2.75, 3.05) is 26.3 Å². The molecule has 2 fully saturated rings. The lowest BCUT2D eigenvalue weighted by Crippen LogP contribution is -2.48. The first-order valence-corrected chi connectivity index (χ1v) is 5.73. The summed E-state index contributed by atoms with van der Waals surface area (Å²) >= 11 is 0. The largest absolute Gasteiger partial charge is 0.379 e. The molecule has 0 bridgehead atoms. The molecule has 2 rings (SSSR count). The van der Waals surface area contributed by atoms with Crippen molar-refractivity contribution in [3.63, 3.8) is 0 Å². The molecular weight excluding hydrogens is 178 g/mol. The van der Waals surface area contributed by atoms with Crippen LogP contribution in [0.15, 0.2) is 0 Å². The maximum atomic E-state index is 5.75. The Kier molecular flexibility index (Phi) is 3.42. The highest BCUT2D eigenvalue weighted by Gasteiger charge is 2.29. The normalized spacial score (nSPS) is 41.1. The Balaban J connectivity index is 1.88. The van der Waals surface area contributed by atoms with Gasteiger partial charge in [0.05, 0.1) is 25.4 Å². The maximum Gasteiger partial charge on any atom is 0.0594 e. The molecule has 0 aromatic carbocycles. The van der Waals surface area contributed by atoms with Crippen LogP contribution in [0.3, 0.4) is 0 Å². The first kappa shape index (κ1) is 10.4. The van der Waals surface area contributed by atoms with E-state index in [9.17, 15) is 0 Å². The van der Waals surface area contributed by atoms with Crippen LogP contribution in [-0.2, 0) is 9.47 Å². The first-order chi connectivity index (χ1) is 6.75. The van der Waals surface area contributed by atoms with Gasteiger partial charge < -0.3 is 9.47 Å². The summed E-state index contributed by atoms with van der Waals surface area (Å²) in [6, 6.07) is 0.720. The molecule has 2 heterocycles. The van der Waals surface area contributed by atoms with Crippen LogP contribution in [0.25, 0.3) is 0 Å². The van der Waals surface area contributed by atoms with Crippen LogP contribution >= 0.6 is 0 Å². The van der Waals surface area contributed by atoms with Gasteiger partial charge in [0.2, 0.25) is 0 Å². The Hall–Kier alpha value is -0.120. The van der Waals surface area contributed by atoms with Gasteiger partial charge in [-0.1, -0.05) is 0 Å². The molecule has 0 aliphatic carbocycles. The van der Waals surface area contributed by atoms with Gasteiger partial charge in [0, 0.05) is 19.1 Å². The molecule has 82 valence electrons. The molecule has 14 heavy (non-hydrogen) atoms. The summed E-state index contributed by atoms with van der Waals surface area (Å²) in [5, 5.41) is 0. The minimum atomic E-state index is 0.423. The highest BCUT2D eigenvalue weighted by Crippen LogP contribution is 2.23. The Bertz CT molecular complexity index is 170. The smallest absolute Gasteiger partial charge is 0.0594 e. The Morgan fingerprint density at radius 2 is 1.57 bits per heavy atom. The van der Waals surface area contributed by atoms with Gasteiger partial charge in [-0.2, -0.15) is 0 Å². The fourth-order valence-electron chi connectivity index (χ4n) is 2.61. The third-order valence-electron chi connectivity index (χ3n) is 3.23. The molecule has 2 aliphatic rings. The summed E-state index contributed by atoms with van der Waals surface area (Å²) in [6.45, 7) is 8.38. The zero-order chi connectivity index (χ0) is 9.97. The molecule has 2 atom stereocenters. The zero-order valence-electron chi connectivity index (χ0n) is 9.24. The van der Waals surface area contributed by atoms with E-state index in [1.807, 2.05) is 0 Å². The Morgan fingerprint density at radius 3 is 2.14 bits per heavy atom. The zero-order valence-corrected chi connectivity index (χ0v) is 9.24. The van der Waals surface area contributed by atoms with Gasteiger partial charge in [0.25, 0.3) is 0 Å². The van der Waals surface area contributed by atoms with Crippen LogP contribution in [0.2, 0.25) is 0 Å². The third-order valence-corrected chi connectivity index (χ3v) is 3.23. The standard InChI is InChI=1S/C11H21NO2/c1-9-7-11(8-10(2)14-9)12-3-5-13-6-4-12/h9-11H,3-8H2,1-2H3. The quantitative estimate of drug-likeness (QED) is 0.635. The molecular formula is C11H21NO2. The minimum absolute atomic E-state index is 0.423. The minimum Gasteiger partial charge on any atom is -0.379 e. The summed E-state index contributed by atoms with van der Waals surface area (Å²) in [4.78, 5) is 2.57. The number of hydrogen-bond donors (Lipinski definition) is 0. The molecule has 2 saturated heterocycles. The highest BCUT2D eigenvalue weighted by atomic mass is 16.5. The van der Waals surface area contributed by atoms with Crippen molar-refractivity contribution in [3.8, 4) is 0 Å². The second-order valence-electron chi connectivity index (χ2n) is 4.53. The second-order valence-corrected chi connectivity index (χ2v) is 4.53. The van der Waals surface area contributed by atoms with Crippen molar-refractivity contribution < 1.29 is 9.47 Å². The molecule has 2 aliphatic heterocycles. The van der Waals surface area contributed by atoms with Crippen molar-refractivity contribution in [2.24, 2.45) is 0 Å². The number of hydrogen-bond acceptors (Lipinski definition) is 3. The fraction of sp³-hybridized carbons (Fsp3) is 1.00. The molecule has 0 aromatic rings. The lowest BCUT2D eigenvalue weighted by atomic mass is 9.98. The maximum absolute atomic E-state index is 5.75. The molecule has 0 saturated carbocycles. The molecule has 0 radical (unpaired) electrons. The van der Waals surface area contributed by atoms with E-state index in [1.54, 1.807) is 0 Å². The van der Waals surface area contributed by atoms with Crippen molar-refractivity contribution in [3.05, 3.63) is 0 Å². The average molecular weight is 199 g/mol. The summed E-state index contributed by atoms with van der Waals surface area (Å²) in [5.41, 5.74) is 0. The lowest BCUT2D eigenvalue weighted by Gasteiger charge is -2.40. The number of nitrogens with zero attached hydrogens (tertiary/aromatic N) is 1. The average Bonchev–Trinajstić information content (AvgIpc) is 2.18. The summed E-state index contributed by atoms with van der Waals surface area (Å²) in [5.74, 6) is 0. The molecule has 2 unspecified atom stereocenters. The molecule has 3 nitrogen and oxygen atoms in total. The van der Waals surface area contributed by atoms with Gasteiger partial charge in [0.15, 0.2) is 0 Å². The fourth-order valence-corrected chi connectivity index (χ4v) is 2.61. The highest BCUT2D eigenvalue weighted by molar-refractivity contribution is 4.82. The van der Waals surface area contributed by atoms with Crippen LogP contribution in [0.1, 0.15) is 26.7 Å². The molecule has 0 amide bonds. The van der Waals surface area contributed by atoms with E-state index in [4.69, 9.17) is 9.47 Å². The van der Waals surface area contributed by atoms with Gasteiger partial charge >= 0.3 is 0 Å². The Morgan fingerprint density at radius 1 is 1.00 bits per heavy atom. The number of morpholine rings is 1. The lowest BCUT2D eigenvalue weighted by molar-refractivity contribution is -0.0809. The van der Waals surface area contributed by atoms with Crippen LogP contribution in [0.4, 0.5) is 0 Å². The summed E-state index contributed by atoms with van der Waals surface area (Å²) in [6.07, 6.45) is 3.22. The van der Waals surface area contributed by atoms with E-state index in [1.165, 1.54) is 12.8 Å². The van der Waals surface area contributed by atoms with Crippen LogP contribution in [-0.4, -0.2) is 49.5 Å². The predicted octanol–water partition coefficient (Wildman–Crippen LogP) is 1.27. The van der Waals surface area contributed by atoms with Crippen molar-refractivity contribution in [1.29, 1.82) is 0 Å². The van der Waals surface area contributed by atoms with E-state index in [-0.39, 0.29) is 0 Å². The van der Waals surface area contributed by atoms with E-state index < -0.39 is 0 Å². The van der Waals surface area contributed by atoms with Crippen molar-refractivity contribution in [2.45, 2.75) is 44.9 Å². The predicted molar refractivity (Wildman–Crippen MR) is 55.4 cm³/mol. The first-order valence-electron chi connectivity index (χ1n) is 5.73.